The van der Waals surface area contributed by atoms with Gasteiger partial charge < -0.3 is 14.0 Å². The molecule has 1 heterocycles. The van der Waals surface area contributed by atoms with E-state index >= 15 is 0 Å². The summed E-state index contributed by atoms with van der Waals surface area (Å²) in [5.74, 6) is 0.627. The van der Waals surface area contributed by atoms with Gasteiger partial charge in [0.05, 0.1) is 23.4 Å². The van der Waals surface area contributed by atoms with Crippen molar-refractivity contribution in [2.45, 2.75) is 20.4 Å². The summed E-state index contributed by atoms with van der Waals surface area (Å²) in [6.07, 6.45) is 0. The van der Waals surface area contributed by atoms with Gasteiger partial charge in [-0.15, -0.1) is 0 Å². The molecular weight excluding hydrogens is 276 g/mol. The third-order valence-electron chi connectivity index (χ3n) is 2.74. The monoisotopic (exact) mass is 294 g/mol. The van der Waals surface area contributed by atoms with Crippen molar-refractivity contribution in [3.63, 3.8) is 0 Å². The van der Waals surface area contributed by atoms with Crippen molar-refractivity contribution in [3.05, 3.63) is 23.0 Å². The van der Waals surface area contributed by atoms with Gasteiger partial charge >= 0.3 is 0 Å². The molecule has 2 rings (SSSR count). The van der Waals surface area contributed by atoms with Crippen molar-refractivity contribution in [2.75, 3.05) is 20.3 Å². The third-order valence-corrected chi connectivity index (χ3v) is 3.78. The van der Waals surface area contributed by atoms with Crippen LogP contribution < -0.4 is 9.54 Å². The minimum absolute atomic E-state index is 0.201. The number of hydrogen-bond acceptors (Lipinski definition) is 4. The summed E-state index contributed by atoms with van der Waals surface area (Å²) in [4.78, 5) is 16.0. The molecule has 6 heteroatoms. The van der Waals surface area contributed by atoms with Gasteiger partial charge in [0.1, 0.15) is 5.75 Å². The topological polar surface area (TPSA) is 52.8 Å². The van der Waals surface area contributed by atoms with E-state index in [1.807, 2.05) is 29.7 Å². The highest BCUT2D eigenvalue weighted by Gasteiger charge is 2.08. The molecule has 0 atom stereocenters. The van der Waals surface area contributed by atoms with Crippen LogP contribution in [0.15, 0.2) is 23.2 Å². The SMILES string of the molecule is CCOc1ccc2c(c1)sc(=NC(C)=O)n2CCOC. The van der Waals surface area contributed by atoms with E-state index in [4.69, 9.17) is 9.47 Å². The quantitative estimate of drug-likeness (QED) is 0.849. The number of rotatable bonds is 5. The van der Waals surface area contributed by atoms with Crippen LogP contribution >= 0.6 is 11.3 Å². The van der Waals surface area contributed by atoms with Crippen molar-refractivity contribution in [2.24, 2.45) is 4.99 Å². The molecule has 0 radical (unpaired) electrons. The minimum atomic E-state index is -0.201. The first kappa shape index (κ1) is 14.7. The average Bonchev–Trinajstić information content (AvgIpc) is 2.72. The zero-order valence-electron chi connectivity index (χ0n) is 11.9. The maximum Gasteiger partial charge on any atom is 0.245 e. The minimum Gasteiger partial charge on any atom is -0.494 e. The number of amides is 1. The second kappa shape index (κ2) is 6.67. The zero-order chi connectivity index (χ0) is 14.5. The Morgan fingerprint density at radius 2 is 2.25 bits per heavy atom. The number of fused-ring (bicyclic) bond motifs is 1. The number of methoxy groups -OCH3 is 1. The standard InChI is InChI=1S/C14H18N2O3S/c1-4-19-11-5-6-12-13(9-11)20-14(15-10(2)17)16(12)7-8-18-3/h5-6,9H,4,7-8H2,1-3H3. The summed E-state index contributed by atoms with van der Waals surface area (Å²) in [7, 11) is 1.66. The normalized spacial score (nSPS) is 12.1. The Bertz CT molecular complexity index is 673. The van der Waals surface area contributed by atoms with Crippen LogP contribution in [0.5, 0.6) is 5.75 Å². The van der Waals surface area contributed by atoms with Crippen molar-refractivity contribution in [3.8, 4) is 5.75 Å². The summed E-state index contributed by atoms with van der Waals surface area (Å²) in [6, 6.07) is 5.90. The molecule has 0 fully saturated rings. The lowest BCUT2D eigenvalue weighted by atomic mass is 10.3. The predicted molar refractivity (Wildman–Crippen MR) is 79.1 cm³/mol. The Labute approximate surface area is 121 Å². The van der Waals surface area contributed by atoms with Crippen molar-refractivity contribution >= 4 is 27.5 Å². The van der Waals surface area contributed by atoms with E-state index in [0.717, 1.165) is 16.0 Å². The highest BCUT2D eigenvalue weighted by molar-refractivity contribution is 7.16. The van der Waals surface area contributed by atoms with E-state index in [1.165, 1.54) is 18.3 Å². The number of hydrogen-bond donors (Lipinski definition) is 0. The Hall–Kier alpha value is -1.66. The summed E-state index contributed by atoms with van der Waals surface area (Å²) < 4.78 is 13.7. The first-order valence-corrected chi connectivity index (χ1v) is 7.27. The number of nitrogens with zero attached hydrogens (tertiary/aromatic N) is 2. The van der Waals surface area contributed by atoms with Crippen LogP contribution in [0.2, 0.25) is 0 Å². The van der Waals surface area contributed by atoms with E-state index in [2.05, 4.69) is 4.99 Å². The molecule has 1 amide bonds. The Morgan fingerprint density at radius 1 is 1.45 bits per heavy atom. The second-order valence-electron chi connectivity index (χ2n) is 4.22. The molecule has 0 aliphatic heterocycles. The fourth-order valence-corrected chi connectivity index (χ4v) is 3.06. The molecule has 2 aromatic rings. The highest BCUT2D eigenvalue weighted by atomic mass is 32.1. The van der Waals surface area contributed by atoms with Crippen LogP contribution in [0.4, 0.5) is 0 Å². The van der Waals surface area contributed by atoms with E-state index in [-0.39, 0.29) is 5.91 Å². The molecule has 0 saturated carbocycles. The number of carbonyl (C=O) groups excluding carboxylic acids is 1. The number of aromatic nitrogens is 1. The van der Waals surface area contributed by atoms with Crippen molar-refractivity contribution < 1.29 is 14.3 Å². The Kier molecular flexibility index (Phi) is 4.92. The molecule has 20 heavy (non-hydrogen) atoms. The maximum absolute atomic E-state index is 11.3. The smallest absolute Gasteiger partial charge is 0.245 e. The van der Waals surface area contributed by atoms with Gasteiger partial charge in [0, 0.05) is 20.6 Å². The first-order valence-electron chi connectivity index (χ1n) is 6.46. The van der Waals surface area contributed by atoms with Gasteiger partial charge in [0.2, 0.25) is 5.91 Å². The van der Waals surface area contributed by atoms with E-state index in [1.54, 1.807) is 7.11 Å². The lowest BCUT2D eigenvalue weighted by molar-refractivity contribution is -0.116. The summed E-state index contributed by atoms with van der Waals surface area (Å²) >= 11 is 1.48. The fourth-order valence-electron chi connectivity index (χ4n) is 1.93. The highest BCUT2D eigenvalue weighted by Crippen LogP contribution is 2.23. The van der Waals surface area contributed by atoms with Gasteiger partial charge in [0.25, 0.3) is 0 Å². The fraction of sp³-hybridized carbons (Fsp3) is 0.429. The Balaban J connectivity index is 2.56. The van der Waals surface area contributed by atoms with Crippen LogP contribution in [0.25, 0.3) is 10.2 Å². The van der Waals surface area contributed by atoms with Crippen molar-refractivity contribution in [1.82, 2.24) is 4.57 Å². The molecule has 5 nitrogen and oxygen atoms in total. The lowest BCUT2D eigenvalue weighted by Crippen LogP contribution is -2.18. The number of carbonyl (C=O) groups is 1. The van der Waals surface area contributed by atoms with Crippen LogP contribution in [-0.2, 0) is 16.1 Å². The van der Waals surface area contributed by atoms with Gasteiger partial charge in [-0.25, -0.2) is 0 Å². The molecule has 1 aromatic carbocycles. The molecular formula is C14H18N2O3S. The zero-order valence-corrected chi connectivity index (χ0v) is 12.7. The van der Waals surface area contributed by atoms with Crippen molar-refractivity contribution in [1.29, 1.82) is 0 Å². The molecule has 0 bridgehead atoms. The van der Waals surface area contributed by atoms with E-state index < -0.39 is 0 Å². The summed E-state index contributed by atoms with van der Waals surface area (Å²) in [5, 5.41) is 0. The molecule has 0 spiro atoms. The molecule has 0 N–H and O–H groups in total. The van der Waals surface area contributed by atoms with Gasteiger partial charge in [-0.05, 0) is 25.1 Å². The predicted octanol–water partition coefficient (Wildman–Crippen LogP) is 2.20. The van der Waals surface area contributed by atoms with Crippen LogP contribution in [-0.4, -0.2) is 30.8 Å². The Morgan fingerprint density at radius 3 is 2.90 bits per heavy atom. The summed E-state index contributed by atoms with van der Waals surface area (Å²) in [6.45, 7) is 5.27. The van der Waals surface area contributed by atoms with Gasteiger partial charge in [0.15, 0.2) is 4.80 Å². The van der Waals surface area contributed by atoms with E-state index in [0.29, 0.717) is 24.6 Å². The molecule has 108 valence electrons. The van der Waals surface area contributed by atoms with Crippen LogP contribution in [0.1, 0.15) is 13.8 Å². The second-order valence-corrected chi connectivity index (χ2v) is 5.23. The molecule has 1 aromatic heterocycles. The molecule has 0 saturated heterocycles. The lowest BCUT2D eigenvalue weighted by Gasteiger charge is -2.05. The molecule has 0 unspecified atom stereocenters. The maximum atomic E-state index is 11.3. The number of ether oxygens (including phenoxy) is 2. The molecule has 0 aliphatic rings. The van der Waals surface area contributed by atoms with Gasteiger partial charge in [-0.1, -0.05) is 11.3 Å². The number of benzene rings is 1. The first-order chi connectivity index (χ1) is 9.65. The number of thiazole rings is 1. The third kappa shape index (κ3) is 3.26. The molecule has 0 aliphatic carbocycles. The van der Waals surface area contributed by atoms with Crippen LogP contribution in [0, 0.1) is 0 Å². The average molecular weight is 294 g/mol. The largest absolute Gasteiger partial charge is 0.494 e. The van der Waals surface area contributed by atoms with E-state index in [9.17, 15) is 4.79 Å². The van der Waals surface area contributed by atoms with Gasteiger partial charge in [-0.2, -0.15) is 4.99 Å². The van der Waals surface area contributed by atoms with Crippen LogP contribution in [0.3, 0.4) is 0 Å². The summed E-state index contributed by atoms with van der Waals surface area (Å²) in [5.41, 5.74) is 1.04. The van der Waals surface area contributed by atoms with Gasteiger partial charge in [-0.3, -0.25) is 4.79 Å².